The number of ether oxygens (including phenoxy) is 1. The van der Waals surface area contributed by atoms with Crippen molar-refractivity contribution < 1.29 is 34.9 Å². The minimum absolute atomic E-state index is 0. The van der Waals surface area contributed by atoms with Crippen LogP contribution in [0.15, 0.2) is 97.5 Å². The molecule has 0 bridgehead atoms. The van der Waals surface area contributed by atoms with Crippen molar-refractivity contribution in [3.8, 4) is 17.2 Å². The van der Waals surface area contributed by atoms with Crippen LogP contribution in [0, 0.1) is 11.3 Å². The maximum Gasteiger partial charge on any atom is 1.00 e. The van der Waals surface area contributed by atoms with Crippen molar-refractivity contribution in [2.75, 3.05) is 0 Å². The molecule has 4 aromatic carbocycles. The van der Waals surface area contributed by atoms with Crippen LogP contribution in [0.2, 0.25) is 0 Å². The second kappa shape index (κ2) is 11.3. The van der Waals surface area contributed by atoms with E-state index in [1.54, 1.807) is 36.8 Å². The number of nitriles is 1. The Bertz CT molecular complexity index is 1600. The van der Waals surface area contributed by atoms with Gasteiger partial charge < -0.3 is 15.8 Å². The molecule has 0 aliphatic heterocycles. The molecule has 1 N–H and O–H groups in total. The van der Waals surface area contributed by atoms with E-state index in [0.717, 1.165) is 38.7 Å². The van der Waals surface area contributed by atoms with Gasteiger partial charge in [-0.05, 0) is 51.7 Å². The molecule has 0 saturated carbocycles. The smallest absolute Gasteiger partial charge is 1.00 e. The van der Waals surface area contributed by atoms with Gasteiger partial charge in [0.05, 0.1) is 42.0 Å². The Kier molecular flexibility index (Phi) is 7.91. The van der Waals surface area contributed by atoms with Crippen LogP contribution in [0.5, 0.6) is 0 Å². The van der Waals surface area contributed by atoms with Crippen molar-refractivity contribution in [3.05, 3.63) is 125 Å². The Balaban J connectivity index is 0.00000200. The van der Waals surface area contributed by atoms with E-state index in [0.29, 0.717) is 5.56 Å². The zero-order valence-electron chi connectivity index (χ0n) is 21.6. The zero-order chi connectivity index (χ0) is 25.1. The summed E-state index contributed by atoms with van der Waals surface area (Å²) in [6, 6.07) is 29.0. The van der Waals surface area contributed by atoms with E-state index in [1.165, 1.54) is 0 Å². The predicted octanol–water partition coefficient (Wildman–Crippen LogP) is 3.23. The summed E-state index contributed by atoms with van der Waals surface area (Å²) in [6.45, 7) is 0.277. The molecule has 0 radical (unpaired) electrons. The quantitative estimate of drug-likeness (QED) is 0.361. The summed E-state index contributed by atoms with van der Waals surface area (Å²) < 4.78 is 8.31. The molecule has 7 heteroatoms. The summed E-state index contributed by atoms with van der Waals surface area (Å²) in [5, 5.41) is 21.2. The first kappa shape index (κ1) is 25.9. The average molecular weight is 481 g/mol. The minimum Gasteiger partial charge on any atom is -1.00 e. The number of aryl methyl sites for hydroxylation is 1. The fraction of sp³-hybridized carbons (Fsp3) is 0.100. The van der Waals surface area contributed by atoms with E-state index in [1.807, 2.05) is 54.1 Å². The first-order valence-corrected chi connectivity index (χ1v) is 11.5. The number of aromatic carboxylic acids is 1. The van der Waals surface area contributed by atoms with E-state index in [9.17, 15) is 10.1 Å². The standard InChI is InChI=1S/C30H23N3O3.Li.H/c1-33-19-32-17-28(33)29(36-18-20-9-11-22(12-10-20)30(34)35)23-13-14-24(16-31)27(15-23)26-8-4-6-21-5-2-3-7-25(21)26;;/h2-15,17,19,29H,18H2,1H3,(H,34,35);;/q;+1;-1. The van der Waals surface area contributed by atoms with Crippen LogP contribution in [0.1, 0.15) is 40.3 Å². The molecule has 0 aliphatic carbocycles. The van der Waals surface area contributed by atoms with Gasteiger partial charge in [-0.2, -0.15) is 5.26 Å². The van der Waals surface area contributed by atoms with Crippen molar-refractivity contribution in [1.82, 2.24) is 9.55 Å². The van der Waals surface area contributed by atoms with Gasteiger partial charge in [-0.3, -0.25) is 0 Å². The first-order valence-electron chi connectivity index (χ1n) is 11.5. The van der Waals surface area contributed by atoms with E-state index in [-0.39, 0.29) is 32.5 Å². The molecule has 178 valence electrons. The van der Waals surface area contributed by atoms with Crippen LogP contribution >= 0.6 is 0 Å². The SMILES string of the molecule is Cn1cncc1C(OCc1ccc(C(=O)O)cc1)c1ccc(C#N)c(-c2cccc3ccccc23)c1.[H-].[Li+]. The maximum absolute atomic E-state index is 11.2. The molecule has 0 spiro atoms. The van der Waals surface area contributed by atoms with Crippen molar-refractivity contribution in [3.63, 3.8) is 0 Å². The number of imidazole rings is 1. The van der Waals surface area contributed by atoms with Gasteiger partial charge in [-0.1, -0.05) is 60.7 Å². The van der Waals surface area contributed by atoms with Crippen LogP contribution in [0.3, 0.4) is 0 Å². The molecule has 1 aromatic heterocycles. The van der Waals surface area contributed by atoms with E-state index in [2.05, 4.69) is 29.3 Å². The molecule has 5 rings (SSSR count). The van der Waals surface area contributed by atoms with Crippen molar-refractivity contribution in [2.24, 2.45) is 7.05 Å². The number of carboxylic acid groups (broad SMARTS) is 1. The number of hydrogen-bond acceptors (Lipinski definition) is 4. The van der Waals surface area contributed by atoms with Crippen LogP contribution in [0.25, 0.3) is 21.9 Å². The summed E-state index contributed by atoms with van der Waals surface area (Å²) in [6.07, 6.45) is 3.05. The Labute approximate surface area is 228 Å². The monoisotopic (exact) mass is 481 g/mol. The summed E-state index contributed by atoms with van der Waals surface area (Å²) in [5.41, 5.74) is 5.26. The van der Waals surface area contributed by atoms with Gasteiger partial charge in [0.2, 0.25) is 0 Å². The topological polar surface area (TPSA) is 88.1 Å². The number of hydrogen-bond donors (Lipinski definition) is 1. The van der Waals surface area contributed by atoms with Gasteiger partial charge in [-0.15, -0.1) is 0 Å². The molecule has 37 heavy (non-hydrogen) atoms. The van der Waals surface area contributed by atoms with Crippen LogP contribution in [-0.2, 0) is 18.4 Å². The van der Waals surface area contributed by atoms with E-state index >= 15 is 0 Å². The summed E-state index contributed by atoms with van der Waals surface area (Å²) in [5.74, 6) is -0.964. The number of aromatic nitrogens is 2. The maximum atomic E-state index is 11.2. The summed E-state index contributed by atoms with van der Waals surface area (Å²) >= 11 is 0. The van der Waals surface area contributed by atoms with Crippen LogP contribution in [-0.4, -0.2) is 20.6 Å². The third kappa shape index (κ3) is 5.35. The van der Waals surface area contributed by atoms with Gasteiger partial charge in [-0.25, -0.2) is 9.78 Å². The van der Waals surface area contributed by atoms with E-state index in [4.69, 9.17) is 9.84 Å². The molecule has 1 atom stereocenters. The second-order valence-electron chi connectivity index (χ2n) is 8.57. The molecule has 1 heterocycles. The summed E-state index contributed by atoms with van der Waals surface area (Å²) in [4.78, 5) is 15.5. The van der Waals surface area contributed by atoms with Crippen molar-refractivity contribution in [1.29, 1.82) is 5.26 Å². The van der Waals surface area contributed by atoms with Gasteiger partial charge in [0.15, 0.2) is 0 Å². The molecule has 1 unspecified atom stereocenters. The van der Waals surface area contributed by atoms with E-state index < -0.39 is 12.1 Å². The molecule has 5 aromatic rings. The number of nitrogens with zero attached hydrogens (tertiary/aromatic N) is 3. The Morgan fingerprint density at radius 2 is 1.81 bits per heavy atom. The van der Waals surface area contributed by atoms with Crippen molar-refractivity contribution >= 4 is 16.7 Å². The number of rotatable bonds is 7. The van der Waals surface area contributed by atoms with Crippen LogP contribution in [0.4, 0.5) is 0 Å². The zero-order valence-corrected chi connectivity index (χ0v) is 20.6. The van der Waals surface area contributed by atoms with Gasteiger partial charge in [0.25, 0.3) is 0 Å². The fourth-order valence-electron chi connectivity index (χ4n) is 4.40. The normalized spacial score (nSPS) is 11.5. The second-order valence-corrected chi connectivity index (χ2v) is 8.57. The number of fused-ring (bicyclic) bond motifs is 1. The largest absolute Gasteiger partial charge is 1.00 e. The molecule has 0 amide bonds. The third-order valence-electron chi connectivity index (χ3n) is 6.29. The molecular weight excluding hydrogens is 457 g/mol. The molecule has 6 nitrogen and oxygen atoms in total. The Morgan fingerprint density at radius 3 is 2.51 bits per heavy atom. The fourth-order valence-corrected chi connectivity index (χ4v) is 4.40. The van der Waals surface area contributed by atoms with Gasteiger partial charge in [0.1, 0.15) is 6.10 Å². The number of carbonyl (C=O) groups is 1. The first-order chi connectivity index (χ1) is 17.5. The molecule has 0 fully saturated rings. The predicted molar refractivity (Wildman–Crippen MR) is 138 cm³/mol. The third-order valence-corrected chi connectivity index (χ3v) is 6.29. The van der Waals surface area contributed by atoms with Crippen molar-refractivity contribution in [2.45, 2.75) is 12.7 Å². The van der Waals surface area contributed by atoms with Crippen LogP contribution < -0.4 is 18.9 Å². The Morgan fingerprint density at radius 1 is 1.05 bits per heavy atom. The number of benzene rings is 4. The Hall–Kier alpha value is -4.13. The summed E-state index contributed by atoms with van der Waals surface area (Å²) in [7, 11) is 1.91. The number of carboxylic acids is 1. The minimum atomic E-state index is -0.964. The average Bonchev–Trinajstić information content (AvgIpc) is 3.34. The molecular formula is C30H24LiN3O3. The molecule has 0 saturated heterocycles. The molecule has 0 aliphatic rings. The van der Waals surface area contributed by atoms with Gasteiger partial charge >= 0.3 is 24.8 Å². The van der Waals surface area contributed by atoms with Gasteiger partial charge in [0, 0.05) is 12.6 Å².